The molecule has 18 heavy (non-hydrogen) atoms. The third-order valence-corrected chi connectivity index (χ3v) is 3.24. The summed E-state index contributed by atoms with van der Waals surface area (Å²) in [4.78, 5) is 11.0. The number of nitrogens with zero attached hydrogens (tertiary/aromatic N) is 3. The van der Waals surface area contributed by atoms with Gasteiger partial charge < -0.3 is 9.64 Å². The predicted molar refractivity (Wildman–Crippen MR) is 73.2 cm³/mol. The lowest BCUT2D eigenvalue weighted by atomic mass is 10.2. The molecule has 1 aliphatic heterocycles. The highest BCUT2D eigenvalue weighted by atomic mass is 35.5. The second-order valence-corrected chi connectivity index (χ2v) is 4.68. The summed E-state index contributed by atoms with van der Waals surface area (Å²) in [6.45, 7) is 8.18. The lowest BCUT2D eigenvalue weighted by molar-refractivity contribution is 0.0925. The molecule has 0 aromatic carbocycles. The second kappa shape index (κ2) is 6.16. The number of hydrogen-bond acceptors (Lipinski definition) is 4. The van der Waals surface area contributed by atoms with Crippen molar-refractivity contribution in [1.82, 2.24) is 9.97 Å². The summed E-state index contributed by atoms with van der Waals surface area (Å²) in [7, 11) is 0. The van der Waals surface area contributed by atoms with E-state index in [0.717, 1.165) is 32.0 Å². The first-order valence-corrected chi connectivity index (χ1v) is 6.61. The molecular formula is C13H18ClN3O. The zero-order valence-electron chi connectivity index (χ0n) is 10.6. The van der Waals surface area contributed by atoms with Gasteiger partial charge in [-0.05, 0) is 6.42 Å². The zero-order chi connectivity index (χ0) is 13.0. The number of rotatable bonds is 4. The molecule has 0 saturated carbocycles. The van der Waals surface area contributed by atoms with Crippen molar-refractivity contribution in [1.29, 1.82) is 0 Å². The van der Waals surface area contributed by atoms with Crippen molar-refractivity contribution in [3.05, 3.63) is 29.7 Å². The summed E-state index contributed by atoms with van der Waals surface area (Å²) in [5.41, 5.74) is 0. The molecule has 1 aromatic rings. The third-order valence-electron chi connectivity index (χ3n) is 3.05. The Morgan fingerprint density at radius 1 is 1.61 bits per heavy atom. The fourth-order valence-electron chi connectivity index (χ4n) is 2.11. The first kappa shape index (κ1) is 13.3. The van der Waals surface area contributed by atoms with Crippen molar-refractivity contribution in [2.45, 2.75) is 25.8 Å². The Morgan fingerprint density at radius 3 is 3.17 bits per heavy atom. The van der Waals surface area contributed by atoms with E-state index < -0.39 is 0 Å². The molecule has 1 aromatic heterocycles. The van der Waals surface area contributed by atoms with Gasteiger partial charge in [0.15, 0.2) is 0 Å². The molecule has 2 rings (SSSR count). The minimum Gasteiger partial charge on any atom is -0.377 e. The number of ether oxygens (including phenoxy) is 1. The maximum Gasteiger partial charge on any atom is 0.136 e. The van der Waals surface area contributed by atoms with Gasteiger partial charge in [0.1, 0.15) is 16.8 Å². The van der Waals surface area contributed by atoms with Gasteiger partial charge in [-0.15, -0.1) is 6.58 Å². The molecule has 5 heteroatoms. The average molecular weight is 268 g/mol. The molecule has 2 heterocycles. The molecule has 1 atom stereocenters. The lowest BCUT2D eigenvalue weighted by Crippen LogP contribution is -2.45. The van der Waals surface area contributed by atoms with Crippen LogP contribution in [0.25, 0.3) is 0 Å². The topological polar surface area (TPSA) is 38.2 Å². The standard InChI is InChI=1S/C13H18ClN3O/c1-3-5-12-15-11(14)8-13(16-12)17-6-7-18-9-10(17)4-2/h3,8,10H,1,4-7,9H2,2H3/t10-/m0/s1. The van der Waals surface area contributed by atoms with E-state index in [0.29, 0.717) is 23.4 Å². The van der Waals surface area contributed by atoms with Crippen LogP contribution >= 0.6 is 11.6 Å². The van der Waals surface area contributed by atoms with Gasteiger partial charge in [-0.2, -0.15) is 0 Å². The fourth-order valence-corrected chi connectivity index (χ4v) is 2.31. The molecule has 1 aliphatic rings. The van der Waals surface area contributed by atoms with Crippen molar-refractivity contribution in [2.24, 2.45) is 0 Å². The molecule has 1 fully saturated rings. The van der Waals surface area contributed by atoms with E-state index in [1.54, 1.807) is 6.08 Å². The smallest absolute Gasteiger partial charge is 0.136 e. The predicted octanol–water partition coefficient (Wildman–Crippen LogP) is 2.47. The molecule has 0 radical (unpaired) electrons. The van der Waals surface area contributed by atoms with Crippen LogP contribution in [-0.4, -0.2) is 35.8 Å². The van der Waals surface area contributed by atoms with Crippen molar-refractivity contribution >= 4 is 17.4 Å². The first-order chi connectivity index (χ1) is 8.74. The van der Waals surface area contributed by atoms with Crippen LogP contribution in [0, 0.1) is 0 Å². The van der Waals surface area contributed by atoms with E-state index in [9.17, 15) is 0 Å². The normalized spacial score (nSPS) is 19.9. The Labute approximate surface area is 113 Å². The number of allylic oxidation sites excluding steroid dienone is 1. The monoisotopic (exact) mass is 267 g/mol. The molecule has 4 nitrogen and oxygen atoms in total. The van der Waals surface area contributed by atoms with Crippen LogP contribution in [0.4, 0.5) is 5.82 Å². The molecule has 0 spiro atoms. The lowest BCUT2D eigenvalue weighted by Gasteiger charge is -2.36. The summed E-state index contributed by atoms with van der Waals surface area (Å²) in [5, 5.41) is 0.484. The summed E-state index contributed by atoms with van der Waals surface area (Å²) < 4.78 is 5.50. The fraction of sp³-hybridized carbons (Fsp3) is 0.538. The van der Waals surface area contributed by atoms with Gasteiger partial charge in [0.2, 0.25) is 0 Å². The van der Waals surface area contributed by atoms with Crippen LogP contribution in [0.3, 0.4) is 0 Å². The Kier molecular flexibility index (Phi) is 4.55. The molecule has 0 aliphatic carbocycles. The van der Waals surface area contributed by atoms with Crippen LogP contribution < -0.4 is 4.90 Å². The van der Waals surface area contributed by atoms with Gasteiger partial charge in [-0.1, -0.05) is 24.6 Å². The van der Waals surface area contributed by atoms with E-state index >= 15 is 0 Å². The van der Waals surface area contributed by atoms with Gasteiger partial charge in [0.05, 0.1) is 19.3 Å². The van der Waals surface area contributed by atoms with Crippen molar-refractivity contribution in [3.8, 4) is 0 Å². The highest BCUT2D eigenvalue weighted by Gasteiger charge is 2.23. The molecule has 98 valence electrons. The summed E-state index contributed by atoms with van der Waals surface area (Å²) in [6.07, 6.45) is 3.44. The van der Waals surface area contributed by atoms with Crippen LogP contribution in [0.2, 0.25) is 5.15 Å². The summed E-state index contributed by atoms with van der Waals surface area (Å²) in [5.74, 6) is 1.61. The van der Waals surface area contributed by atoms with Gasteiger partial charge in [0.25, 0.3) is 0 Å². The van der Waals surface area contributed by atoms with Crippen LogP contribution in [-0.2, 0) is 11.2 Å². The van der Waals surface area contributed by atoms with E-state index in [-0.39, 0.29) is 0 Å². The number of anilines is 1. The number of aromatic nitrogens is 2. The molecule has 1 saturated heterocycles. The average Bonchev–Trinajstić information content (AvgIpc) is 2.38. The van der Waals surface area contributed by atoms with Crippen LogP contribution in [0.5, 0.6) is 0 Å². The molecule has 0 unspecified atom stereocenters. The molecular weight excluding hydrogens is 250 g/mol. The minimum atomic E-state index is 0.362. The van der Waals surface area contributed by atoms with Gasteiger partial charge >= 0.3 is 0 Å². The maximum atomic E-state index is 6.05. The molecule has 0 N–H and O–H groups in total. The first-order valence-electron chi connectivity index (χ1n) is 6.23. The van der Waals surface area contributed by atoms with E-state index in [1.165, 1.54) is 0 Å². The van der Waals surface area contributed by atoms with Gasteiger partial charge in [-0.3, -0.25) is 0 Å². The summed E-state index contributed by atoms with van der Waals surface area (Å²) >= 11 is 6.05. The quantitative estimate of drug-likeness (QED) is 0.621. The summed E-state index contributed by atoms with van der Waals surface area (Å²) in [6, 6.07) is 2.18. The second-order valence-electron chi connectivity index (χ2n) is 4.29. The highest BCUT2D eigenvalue weighted by Crippen LogP contribution is 2.22. The van der Waals surface area contributed by atoms with E-state index in [1.807, 2.05) is 6.07 Å². The van der Waals surface area contributed by atoms with E-state index in [2.05, 4.69) is 28.4 Å². The van der Waals surface area contributed by atoms with E-state index in [4.69, 9.17) is 16.3 Å². The van der Waals surface area contributed by atoms with Crippen molar-refractivity contribution in [2.75, 3.05) is 24.7 Å². The maximum absolute atomic E-state index is 6.05. The minimum absolute atomic E-state index is 0.362. The van der Waals surface area contributed by atoms with Crippen LogP contribution in [0.1, 0.15) is 19.2 Å². The highest BCUT2D eigenvalue weighted by molar-refractivity contribution is 6.29. The Hall–Kier alpha value is -1.13. The van der Waals surface area contributed by atoms with Crippen molar-refractivity contribution in [3.63, 3.8) is 0 Å². The van der Waals surface area contributed by atoms with Crippen molar-refractivity contribution < 1.29 is 4.74 Å². The Balaban J connectivity index is 2.27. The third kappa shape index (κ3) is 3.00. The zero-order valence-corrected chi connectivity index (χ0v) is 11.4. The van der Waals surface area contributed by atoms with Gasteiger partial charge in [-0.25, -0.2) is 9.97 Å². The number of halogens is 1. The SMILES string of the molecule is C=CCc1nc(Cl)cc(N2CCOC[C@@H]2CC)n1. The Bertz CT molecular complexity index is 425. The molecule has 0 amide bonds. The number of hydrogen-bond donors (Lipinski definition) is 0. The van der Waals surface area contributed by atoms with Gasteiger partial charge in [0, 0.05) is 19.0 Å². The molecule has 0 bridgehead atoms. The Morgan fingerprint density at radius 2 is 2.44 bits per heavy atom. The van der Waals surface area contributed by atoms with Crippen LogP contribution in [0.15, 0.2) is 18.7 Å². The number of morpholine rings is 1. The largest absolute Gasteiger partial charge is 0.377 e.